The average Bonchev–Trinajstić information content (AvgIpc) is 3.13. The molecule has 0 radical (unpaired) electrons. The number of allylic oxidation sites excluding steroid dienone is 1. The van der Waals surface area contributed by atoms with E-state index in [1.807, 2.05) is 43.3 Å². The Kier molecular flexibility index (Phi) is 6.12. The number of anilines is 1. The lowest BCUT2D eigenvalue weighted by Crippen LogP contribution is -2.29. The second-order valence-corrected chi connectivity index (χ2v) is 7.70. The van der Waals surface area contributed by atoms with Gasteiger partial charge in [0.2, 0.25) is 5.95 Å². The van der Waals surface area contributed by atoms with Crippen LogP contribution in [0.15, 0.2) is 60.1 Å². The first-order chi connectivity index (χ1) is 14.7. The molecule has 0 fully saturated rings. The zero-order valence-electron chi connectivity index (χ0n) is 17.6. The van der Waals surface area contributed by atoms with Gasteiger partial charge in [-0.1, -0.05) is 50.8 Å². The van der Waals surface area contributed by atoms with Gasteiger partial charge in [0.25, 0.3) is 0 Å². The van der Waals surface area contributed by atoms with Gasteiger partial charge in [-0.05, 0) is 37.1 Å². The van der Waals surface area contributed by atoms with E-state index >= 15 is 0 Å². The van der Waals surface area contributed by atoms with Crippen LogP contribution in [0, 0.1) is 0 Å². The van der Waals surface area contributed by atoms with E-state index in [-0.39, 0.29) is 12.0 Å². The van der Waals surface area contributed by atoms with Crippen LogP contribution in [-0.4, -0.2) is 27.1 Å². The number of benzene rings is 1. The quantitative estimate of drug-likeness (QED) is 0.411. The molecule has 0 spiro atoms. The van der Waals surface area contributed by atoms with Gasteiger partial charge in [-0.3, -0.25) is 9.55 Å². The van der Waals surface area contributed by atoms with Crippen molar-refractivity contribution >= 4 is 23.0 Å². The van der Waals surface area contributed by atoms with Crippen molar-refractivity contribution in [2.45, 2.75) is 52.0 Å². The number of rotatable bonds is 8. The topological polar surface area (TPSA) is 69.0 Å². The summed E-state index contributed by atoms with van der Waals surface area (Å²) in [6.07, 6.45) is 9.12. The van der Waals surface area contributed by atoms with E-state index in [9.17, 15) is 4.79 Å². The summed E-state index contributed by atoms with van der Waals surface area (Å²) in [6.45, 7) is 4.54. The van der Waals surface area contributed by atoms with Crippen LogP contribution in [0.1, 0.15) is 57.6 Å². The minimum atomic E-state index is -0.338. The standard InChI is InChI=1S/C24H28N4O2/c1-3-4-5-6-9-15-30-23(29)21-17(2)26-24-27-19-12-7-8-13-20(19)28(24)22(21)18-11-10-14-25-16-18/h7-8,10-14,16,22H,3-6,9,15H2,1-2H3,(H,26,27). The molecule has 1 N–H and O–H groups in total. The predicted molar refractivity (Wildman–Crippen MR) is 118 cm³/mol. The van der Waals surface area contributed by atoms with Crippen LogP contribution in [0.25, 0.3) is 11.0 Å². The van der Waals surface area contributed by atoms with Crippen LogP contribution in [0.4, 0.5) is 5.95 Å². The number of carbonyl (C=O) groups excluding carboxylic acids is 1. The third-order valence-corrected chi connectivity index (χ3v) is 5.53. The number of hydrogen-bond acceptors (Lipinski definition) is 5. The van der Waals surface area contributed by atoms with E-state index in [0.29, 0.717) is 12.2 Å². The number of para-hydroxylation sites is 2. The Labute approximate surface area is 177 Å². The molecule has 3 aromatic rings. The van der Waals surface area contributed by atoms with Crippen molar-refractivity contribution in [3.8, 4) is 0 Å². The molecule has 0 saturated carbocycles. The predicted octanol–water partition coefficient (Wildman–Crippen LogP) is 5.23. The number of esters is 1. The molecule has 0 saturated heterocycles. The maximum atomic E-state index is 13.2. The molecule has 2 aromatic heterocycles. The molecule has 1 aliphatic heterocycles. The van der Waals surface area contributed by atoms with Gasteiger partial charge in [0, 0.05) is 18.1 Å². The molecule has 0 bridgehead atoms. The van der Waals surface area contributed by atoms with Gasteiger partial charge in [-0.2, -0.15) is 0 Å². The highest BCUT2D eigenvalue weighted by atomic mass is 16.5. The van der Waals surface area contributed by atoms with Crippen molar-refractivity contribution in [1.29, 1.82) is 0 Å². The Morgan fingerprint density at radius 2 is 1.97 bits per heavy atom. The Morgan fingerprint density at radius 1 is 1.13 bits per heavy atom. The van der Waals surface area contributed by atoms with Crippen LogP contribution in [0.2, 0.25) is 0 Å². The van der Waals surface area contributed by atoms with Gasteiger partial charge >= 0.3 is 5.97 Å². The highest BCUT2D eigenvalue weighted by Gasteiger charge is 2.35. The summed E-state index contributed by atoms with van der Waals surface area (Å²) in [5.41, 5.74) is 4.14. The number of hydrogen-bond donors (Lipinski definition) is 1. The molecule has 3 heterocycles. The van der Waals surface area contributed by atoms with Crippen LogP contribution in [0.3, 0.4) is 0 Å². The van der Waals surface area contributed by atoms with Crippen molar-refractivity contribution in [2.75, 3.05) is 11.9 Å². The van der Waals surface area contributed by atoms with Crippen molar-refractivity contribution < 1.29 is 9.53 Å². The third kappa shape index (κ3) is 3.95. The van der Waals surface area contributed by atoms with Crippen LogP contribution >= 0.6 is 0 Å². The zero-order valence-corrected chi connectivity index (χ0v) is 17.6. The lowest BCUT2D eigenvalue weighted by atomic mass is 9.96. The molecular formula is C24H28N4O2. The molecule has 0 amide bonds. The van der Waals surface area contributed by atoms with E-state index in [2.05, 4.69) is 21.8 Å². The smallest absolute Gasteiger partial charge is 0.338 e. The number of unbranched alkanes of at least 4 members (excludes halogenated alkanes) is 4. The van der Waals surface area contributed by atoms with E-state index in [0.717, 1.165) is 41.1 Å². The fourth-order valence-electron chi connectivity index (χ4n) is 4.03. The minimum absolute atomic E-state index is 0.284. The average molecular weight is 405 g/mol. The molecule has 30 heavy (non-hydrogen) atoms. The second kappa shape index (κ2) is 9.11. The maximum Gasteiger partial charge on any atom is 0.338 e. The largest absolute Gasteiger partial charge is 0.462 e. The fourth-order valence-corrected chi connectivity index (χ4v) is 4.03. The number of pyridine rings is 1. The van der Waals surface area contributed by atoms with E-state index in [4.69, 9.17) is 9.72 Å². The van der Waals surface area contributed by atoms with Crippen LogP contribution in [0.5, 0.6) is 0 Å². The normalized spacial score (nSPS) is 15.7. The summed E-state index contributed by atoms with van der Waals surface area (Å²) in [5.74, 6) is 0.437. The monoisotopic (exact) mass is 404 g/mol. The van der Waals surface area contributed by atoms with Crippen molar-refractivity contribution in [1.82, 2.24) is 14.5 Å². The molecule has 6 nitrogen and oxygen atoms in total. The summed E-state index contributed by atoms with van der Waals surface area (Å²) in [6, 6.07) is 11.5. The summed E-state index contributed by atoms with van der Waals surface area (Å²) in [4.78, 5) is 22.2. The number of nitrogens with zero attached hydrogens (tertiary/aromatic N) is 3. The Hall–Kier alpha value is -3.15. The van der Waals surface area contributed by atoms with Crippen LogP contribution < -0.4 is 5.32 Å². The molecular weight excluding hydrogens is 376 g/mol. The number of ether oxygens (including phenoxy) is 1. The molecule has 1 aromatic carbocycles. The molecule has 156 valence electrons. The molecule has 1 unspecified atom stereocenters. The van der Waals surface area contributed by atoms with Gasteiger partial charge in [0.15, 0.2) is 0 Å². The van der Waals surface area contributed by atoms with Crippen molar-refractivity contribution in [2.24, 2.45) is 0 Å². The lowest BCUT2D eigenvalue weighted by Gasteiger charge is -2.30. The number of fused-ring (bicyclic) bond motifs is 3. The SMILES string of the molecule is CCCCCCCOC(=O)C1=C(C)Nc2nc3ccccc3n2C1c1cccnc1. The number of carbonyl (C=O) groups is 1. The first kappa shape index (κ1) is 20.1. The first-order valence-electron chi connectivity index (χ1n) is 10.7. The van der Waals surface area contributed by atoms with Crippen LogP contribution in [-0.2, 0) is 9.53 Å². The summed E-state index contributed by atoms with van der Waals surface area (Å²) >= 11 is 0. The van der Waals surface area contributed by atoms with Gasteiger partial charge < -0.3 is 10.1 Å². The van der Waals surface area contributed by atoms with Crippen molar-refractivity contribution in [3.05, 3.63) is 65.6 Å². The maximum absolute atomic E-state index is 13.2. The third-order valence-electron chi connectivity index (χ3n) is 5.53. The fraction of sp³-hybridized carbons (Fsp3) is 0.375. The molecule has 4 rings (SSSR count). The van der Waals surface area contributed by atoms with E-state index in [1.165, 1.54) is 19.3 Å². The minimum Gasteiger partial charge on any atom is -0.462 e. The van der Waals surface area contributed by atoms with Gasteiger partial charge in [-0.25, -0.2) is 9.78 Å². The number of imidazole rings is 1. The summed E-state index contributed by atoms with van der Waals surface area (Å²) < 4.78 is 7.76. The molecule has 1 atom stereocenters. The second-order valence-electron chi connectivity index (χ2n) is 7.70. The first-order valence-corrected chi connectivity index (χ1v) is 10.7. The highest BCUT2D eigenvalue weighted by molar-refractivity contribution is 5.94. The van der Waals surface area contributed by atoms with Gasteiger partial charge in [-0.15, -0.1) is 0 Å². The summed E-state index contributed by atoms with van der Waals surface area (Å²) in [7, 11) is 0. The summed E-state index contributed by atoms with van der Waals surface area (Å²) in [5, 5.41) is 3.31. The highest BCUT2D eigenvalue weighted by Crippen LogP contribution is 2.39. The number of aromatic nitrogens is 3. The Balaban J connectivity index is 1.66. The van der Waals surface area contributed by atoms with Gasteiger partial charge in [0.05, 0.1) is 29.3 Å². The Morgan fingerprint density at radius 3 is 2.77 bits per heavy atom. The molecule has 6 heteroatoms. The zero-order chi connectivity index (χ0) is 20.9. The Bertz CT molecular complexity index is 1060. The molecule has 0 aliphatic carbocycles. The number of nitrogens with one attached hydrogen (secondary N) is 1. The van der Waals surface area contributed by atoms with E-state index < -0.39 is 0 Å². The van der Waals surface area contributed by atoms with Gasteiger partial charge in [0.1, 0.15) is 0 Å². The van der Waals surface area contributed by atoms with E-state index in [1.54, 1.807) is 12.4 Å². The molecule has 1 aliphatic rings. The lowest BCUT2D eigenvalue weighted by molar-refractivity contribution is -0.139. The van der Waals surface area contributed by atoms with Crippen molar-refractivity contribution in [3.63, 3.8) is 0 Å².